The molecule has 64 valence electrons. The number of amides is 1. The van der Waals surface area contributed by atoms with Gasteiger partial charge in [-0.1, -0.05) is 0 Å². The first-order chi connectivity index (χ1) is 5.20. The third-order valence-electron chi connectivity index (χ3n) is 0.778. The Kier molecular flexibility index (Phi) is 5.36. The van der Waals surface area contributed by atoms with Crippen molar-refractivity contribution in [2.24, 2.45) is 4.40 Å². The number of rotatable bonds is 2. The van der Waals surface area contributed by atoms with Gasteiger partial charge in [-0.3, -0.25) is 0 Å². The van der Waals surface area contributed by atoms with Crippen molar-refractivity contribution in [1.29, 1.82) is 0 Å². The van der Waals surface area contributed by atoms with Crippen LogP contribution in [0.25, 0.3) is 0 Å². The number of nitrogens with one attached hydrogen (secondary N) is 1. The average Bonchev–Trinajstić information content (AvgIpc) is 2.04. The lowest BCUT2D eigenvalue weighted by Gasteiger charge is -1.97. The van der Waals surface area contributed by atoms with Crippen molar-refractivity contribution in [1.82, 2.24) is 5.32 Å². The zero-order chi connectivity index (χ0) is 8.69. The van der Waals surface area contributed by atoms with Gasteiger partial charge in [0.25, 0.3) is 0 Å². The normalized spacial score (nSPS) is 10.6. The summed E-state index contributed by atoms with van der Waals surface area (Å²) in [5.74, 6) is 0.443. The summed E-state index contributed by atoms with van der Waals surface area (Å²) in [6.45, 7) is 1.65. The van der Waals surface area contributed by atoms with Gasteiger partial charge >= 0.3 is 6.09 Å². The van der Waals surface area contributed by atoms with Crippen LogP contribution in [0.4, 0.5) is 4.79 Å². The van der Waals surface area contributed by atoms with Gasteiger partial charge in [-0.05, 0) is 0 Å². The van der Waals surface area contributed by atoms with Crippen LogP contribution in [0.5, 0.6) is 0 Å². The molecule has 0 bridgehead atoms. The van der Waals surface area contributed by atoms with E-state index in [1.165, 1.54) is 14.2 Å². The lowest BCUT2D eigenvalue weighted by atomic mass is 10.8. The van der Waals surface area contributed by atoms with Crippen molar-refractivity contribution in [2.75, 3.05) is 14.2 Å². The van der Waals surface area contributed by atoms with Crippen LogP contribution in [-0.4, -0.2) is 26.1 Å². The molecule has 0 spiro atoms. The summed E-state index contributed by atoms with van der Waals surface area (Å²) in [6.07, 6.45) is -0.539. The molecule has 0 aliphatic heterocycles. The summed E-state index contributed by atoms with van der Waals surface area (Å²) in [6, 6.07) is 0. The minimum atomic E-state index is -0.539. The Hall–Kier alpha value is -0.910. The quantitative estimate of drug-likeness (QED) is 0.296. The third kappa shape index (κ3) is 5.53. The van der Waals surface area contributed by atoms with E-state index in [0.29, 0.717) is 18.1 Å². The van der Waals surface area contributed by atoms with Crippen LogP contribution < -0.4 is 5.32 Å². The smallest absolute Gasteiger partial charge is 0.420 e. The zero-order valence-electron chi connectivity index (χ0n) is 6.58. The number of carbonyl (C=O) groups excluding carboxylic acids is 1. The number of ether oxygens (including phenoxy) is 1. The van der Waals surface area contributed by atoms with E-state index in [1.807, 2.05) is 0 Å². The molecule has 0 atom stereocenters. The highest BCUT2D eigenvalue weighted by Crippen LogP contribution is 2.04. The standard InChI is InChI=1S/C5H10N2O3S/c1-4(9-3)7-11-10-5(8)6-2/h1-3H3,(H,6,8)/b7-4+. The predicted molar refractivity (Wildman–Crippen MR) is 43.2 cm³/mol. The van der Waals surface area contributed by atoms with Crippen LogP contribution in [-0.2, 0) is 8.92 Å². The Morgan fingerprint density at radius 2 is 2.27 bits per heavy atom. The minimum absolute atomic E-state index is 0.443. The molecule has 0 saturated heterocycles. The summed E-state index contributed by atoms with van der Waals surface area (Å²) < 4.78 is 12.8. The van der Waals surface area contributed by atoms with Crippen LogP contribution in [0.2, 0.25) is 0 Å². The zero-order valence-corrected chi connectivity index (χ0v) is 7.40. The van der Waals surface area contributed by atoms with Gasteiger partial charge in [0.05, 0.1) is 7.11 Å². The third-order valence-corrected chi connectivity index (χ3v) is 1.34. The van der Waals surface area contributed by atoms with E-state index in [4.69, 9.17) is 0 Å². The van der Waals surface area contributed by atoms with Crippen molar-refractivity contribution in [2.45, 2.75) is 6.92 Å². The monoisotopic (exact) mass is 178 g/mol. The highest BCUT2D eigenvalue weighted by Gasteiger charge is 1.96. The van der Waals surface area contributed by atoms with Crippen LogP contribution in [0.15, 0.2) is 4.40 Å². The molecule has 0 heterocycles. The fraction of sp³-hybridized carbons (Fsp3) is 0.600. The summed E-state index contributed by atoms with van der Waals surface area (Å²) in [7, 11) is 2.95. The second kappa shape index (κ2) is 5.84. The van der Waals surface area contributed by atoms with Crippen LogP contribution in [0, 0.1) is 0 Å². The Morgan fingerprint density at radius 3 is 2.73 bits per heavy atom. The van der Waals surface area contributed by atoms with Crippen molar-refractivity contribution in [3.63, 3.8) is 0 Å². The molecule has 0 aromatic heterocycles. The van der Waals surface area contributed by atoms with Crippen molar-refractivity contribution in [3.05, 3.63) is 0 Å². The van der Waals surface area contributed by atoms with E-state index in [-0.39, 0.29) is 0 Å². The summed E-state index contributed by atoms with van der Waals surface area (Å²) in [5, 5.41) is 2.26. The van der Waals surface area contributed by atoms with Gasteiger partial charge in [0.2, 0.25) is 12.2 Å². The molecule has 0 aliphatic rings. The summed E-state index contributed by atoms with van der Waals surface area (Å²) in [5.41, 5.74) is 0. The first-order valence-electron chi connectivity index (χ1n) is 2.84. The van der Waals surface area contributed by atoms with Crippen LogP contribution in [0.1, 0.15) is 6.92 Å². The molecule has 11 heavy (non-hydrogen) atoms. The molecule has 5 nitrogen and oxygen atoms in total. The molecular weight excluding hydrogens is 168 g/mol. The molecule has 0 aromatic rings. The first kappa shape index (κ1) is 10.1. The fourth-order valence-electron chi connectivity index (χ4n) is 0.184. The van der Waals surface area contributed by atoms with E-state index in [2.05, 4.69) is 18.6 Å². The van der Waals surface area contributed by atoms with E-state index in [9.17, 15) is 4.79 Å². The van der Waals surface area contributed by atoms with E-state index >= 15 is 0 Å². The Morgan fingerprint density at radius 1 is 1.64 bits per heavy atom. The van der Waals surface area contributed by atoms with Crippen molar-refractivity contribution >= 4 is 24.2 Å². The summed E-state index contributed by atoms with van der Waals surface area (Å²) in [4.78, 5) is 10.4. The van der Waals surface area contributed by atoms with E-state index in [1.54, 1.807) is 6.92 Å². The maximum Gasteiger partial charge on any atom is 0.420 e. The number of carbonyl (C=O) groups is 1. The van der Waals surface area contributed by atoms with Gasteiger partial charge in [0.15, 0.2) is 5.90 Å². The number of nitrogens with zero attached hydrogens (tertiary/aromatic N) is 1. The lowest BCUT2D eigenvalue weighted by Crippen LogP contribution is -2.15. The van der Waals surface area contributed by atoms with Gasteiger partial charge in [0.1, 0.15) is 0 Å². The molecule has 0 unspecified atom stereocenters. The second-order valence-corrected chi connectivity index (χ2v) is 2.01. The first-order valence-corrected chi connectivity index (χ1v) is 3.54. The van der Waals surface area contributed by atoms with Crippen LogP contribution >= 0.6 is 12.2 Å². The molecule has 0 saturated carbocycles. The van der Waals surface area contributed by atoms with Crippen molar-refractivity contribution in [3.8, 4) is 0 Å². The SMILES string of the molecule is CNC(=O)OS/N=C(\C)OC. The molecule has 0 aromatic carbocycles. The van der Waals surface area contributed by atoms with E-state index in [0.717, 1.165) is 0 Å². The molecule has 6 heteroatoms. The van der Waals surface area contributed by atoms with E-state index < -0.39 is 6.09 Å². The maximum absolute atomic E-state index is 10.4. The topological polar surface area (TPSA) is 59.9 Å². The van der Waals surface area contributed by atoms with Crippen LogP contribution in [0.3, 0.4) is 0 Å². The van der Waals surface area contributed by atoms with Gasteiger partial charge in [-0.25, -0.2) is 4.79 Å². The Balaban J connectivity index is 3.48. The number of methoxy groups -OCH3 is 1. The molecule has 0 radical (unpaired) electrons. The molecule has 0 fully saturated rings. The average molecular weight is 178 g/mol. The highest BCUT2D eigenvalue weighted by molar-refractivity contribution is 7.93. The number of hydrogen-bond acceptors (Lipinski definition) is 5. The molecule has 1 amide bonds. The lowest BCUT2D eigenvalue weighted by molar-refractivity contribution is 0.211. The predicted octanol–water partition coefficient (Wildman–Crippen LogP) is 0.970. The van der Waals surface area contributed by atoms with Gasteiger partial charge in [0, 0.05) is 14.0 Å². The number of hydrogen-bond donors (Lipinski definition) is 1. The highest BCUT2D eigenvalue weighted by atomic mass is 32.2. The van der Waals surface area contributed by atoms with Crippen molar-refractivity contribution < 1.29 is 13.7 Å². The van der Waals surface area contributed by atoms with Gasteiger partial charge < -0.3 is 14.2 Å². The summed E-state index contributed by atoms with van der Waals surface area (Å²) >= 11 is 0.670. The fourth-order valence-corrected chi connectivity index (χ4v) is 0.552. The Bertz CT molecular complexity index is 160. The molecule has 0 aliphatic carbocycles. The molecule has 0 rings (SSSR count). The van der Waals surface area contributed by atoms with Gasteiger partial charge in [-0.15, -0.1) is 4.40 Å². The maximum atomic E-state index is 10.4. The Labute approximate surface area is 69.5 Å². The largest absolute Gasteiger partial charge is 0.484 e. The minimum Gasteiger partial charge on any atom is -0.484 e. The molecular formula is C5H10N2O3S. The van der Waals surface area contributed by atoms with Gasteiger partial charge in [-0.2, -0.15) is 0 Å². The second-order valence-electron chi connectivity index (χ2n) is 1.51. The molecule has 1 N–H and O–H groups in total.